The van der Waals surface area contributed by atoms with E-state index in [1.165, 1.54) is 5.56 Å². The highest BCUT2D eigenvalue weighted by atomic mass is 15.3. The van der Waals surface area contributed by atoms with Crippen molar-refractivity contribution in [3.8, 4) is 5.69 Å². The van der Waals surface area contributed by atoms with E-state index in [2.05, 4.69) is 25.0 Å². The van der Waals surface area contributed by atoms with Gasteiger partial charge in [-0.25, -0.2) is 4.68 Å². The molecule has 0 spiro atoms. The van der Waals surface area contributed by atoms with E-state index in [4.69, 9.17) is 5.73 Å². The Hall–Kier alpha value is -1.77. The zero-order valence-corrected chi connectivity index (χ0v) is 9.07. The number of hydrogen-bond donors (Lipinski definition) is 1. The molecule has 1 aromatic carbocycles. The predicted molar refractivity (Wildman–Crippen MR) is 62.1 cm³/mol. The van der Waals surface area contributed by atoms with Gasteiger partial charge in [0, 0.05) is 5.56 Å². The molecule has 0 unspecified atom stereocenters. The highest BCUT2D eigenvalue weighted by molar-refractivity contribution is 5.49. The summed E-state index contributed by atoms with van der Waals surface area (Å²) in [6.45, 7) is 4.14. The summed E-state index contributed by atoms with van der Waals surface area (Å²) >= 11 is 0. The molecule has 3 heteroatoms. The second-order valence-corrected chi connectivity index (χ2v) is 3.61. The van der Waals surface area contributed by atoms with Gasteiger partial charge in [0.15, 0.2) is 0 Å². The largest absolute Gasteiger partial charge is 0.383 e. The minimum absolute atomic E-state index is 0.742. The van der Waals surface area contributed by atoms with Crippen molar-refractivity contribution < 1.29 is 0 Å². The topological polar surface area (TPSA) is 43.8 Å². The van der Waals surface area contributed by atoms with Crippen LogP contribution in [0.1, 0.15) is 18.1 Å². The molecule has 0 aliphatic rings. The van der Waals surface area contributed by atoms with Gasteiger partial charge in [0.2, 0.25) is 0 Å². The first-order chi connectivity index (χ1) is 7.24. The maximum Gasteiger partial charge on any atom is 0.130 e. The smallest absolute Gasteiger partial charge is 0.130 e. The second kappa shape index (κ2) is 3.77. The van der Waals surface area contributed by atoms with Crippen molar-refractivity contribution in [3.05, 3.63) is 41.6 Å². The van der Waals surface area contributed by atoms with E-state index in [0.29, 0.717) is 0 Å². The number of aryl methyl sites for hydroxylation is 2. The maximum atomic E-state index is 6.02. The van der Waals surface area contributed by atoms with Crippen molar-refractivity contribution in [2.45, 2.75) is 20.3 Å². The van der Waals surface area contributed by atoms with Crippen LogP contribution < -0.4 is 5.73 Å². The lowest BCUT2D eigenvalue weighted by atomic mass is 10.2. The Morgan fingerprint density at radius 1 is 1.33 bits per heavy atom. The monoisotopic (exact) mass is 201 g/mol. The van der Waals surface area contributed by atoms with Gasteiger partial charge >= 0.3 is 0 Å². The molecule has 0 atom stereocenters. The number of aromatic nitrogens is 2. The number of benzene rings is 1. The Kier molecular flexibility index (Phi) is 2.46. The average molecular weight is 201 g/mol. The minimum Gasteiger partial charge on any atom is -0.383 e. The summed E-state index contributed by atoms with van der Waals surface area (Å²) in [5.74, 6) is 0.742. The predicted octanol–water partition coefficient (Wildman–Crippen LogP) is 2.33. The molecule has 1 aromatic heterocycles. The van der Waals surface area contributed by atoms with Crippen molar-refractivity contribution in [3.63, 3.8) is 0 Å². The summed E-state index contributed by atoms with van der Waals surface area (Å²) in [5.41, 5.74) is 9.34. The van der Waals surface area contributed by atoms with Crippen molar-refractivity contribution in [1.82, 2.24) is 9.78 Å². The summed E-state index contributed by atoms with van der Waals surface area (Å²) in [4.78, 5) is 0. The SMILES string of the molecule is CCc1cnn(-c2ccccc2C)c1N. The maximum absolute atomic E-state index is 6.02. The Balaban J connectivity index is 2.55. The zero-order chi connectivity index (χ0) is 10.8. The fraction of sp³-hybridized carbons (Fsp3) is 0.250. The van der Waals surface area contributed by atoms with Crippen LogP contribution in [0.15, 0.2) is 30.5 Å². The third kappa shape index (κ3) is 1.61. The molecular weight excluding hydrogens is 186 g/mol. The molecular formula is C12H15N3. The molecule has 2 N–H and O–H groups in total. The molecule has 0 aliphatic heterocycles. The lowest BCUT2D eigenvalue weighted by molar-refractivity contribution is 0.883. The Labute approximate surface area is 89.5 Å². The summed E-state index contributed by atoms with van der Waals surface area (Å²) in [5, 5.41) is 4.31. The van der Waals surface area contributed by atoms with Crippen molar-refractivity contribution in [2.24, 2.45) is 0 Å². The molecule has 0 fully saturated rings. The van der Waals surface area contributed by atoms with Gasteiger partial charge in [-0.3, -0.25) is 0 Å². The van der Waals surface area contributed by atoms with Crippen LogP contribution in [0.25, 0.3) is 5.69 Å². The van der Waals surface area contributed by atoms with Crippen LogP contribution in [0, 0.1) is 6.92 Å². The molecule has 15 heavy (non-hydrogen) atoms. The van der Waals surface area contributed by atoms with Crippen LogP contribution in [0.5, 0.6) is 0 Å². The lowest BCUT2D eigenvalue weighted by Gasteiger charge is -2.07. The van der Waals surface area contributed by atoms with Crippen LogP contribution in [0.2, 0.25) is 0 Å². The van der Waals surface area contributed by atoms with Gasteiger partial charge in [-0.2, -0.15) is 5.10 Å². The fourth-order valence-corrected chi connectivity index (χ4v) is 1.66. The molecule has 3 nitrogen and oxygen atoms in total. The number of nitrogens with zero attached hydrogens (tertiary/aromatic N) is 2. The molecule has 1 heterocycles. The van der Waals surface area contributed by atoms with Gasteiger partial charge in [0.1, 0.15) is 5.82 Å². The zero-order valence-electron chi connectivity index (χ0n) is 9.07. The third-order valence-corrected chi connectivity index (χ3v) is 2.61. The van der Waals surface area contributed by atoms with Crippen molar-refractivity contribution in [2.75, 3.05) is 5.73 Å². The highest BCUT2D eigenvalue weighted by Crippen LogP contribution is 2.19. The van der Waals surface area contributed by atoms with Gasteiger partial charge in [0.25, 0.3) is 0 Å². The third-order valence-electron chi connectivity index (χ3n) is 2.61. The molecule has 0 radical (unpaired) electrons. The summed E-state index contributed by atoms with van der Waals surface area (Å²) in [7, 11) is 0. The summed E-state index contributed by atoms with van der Waals surface area (Å²) < 4.78 is 1.80. The molecule has 2 rings (SSSR count). The number of hydrogen-bond acceptors (Lipinski definition) is 2. The van der Waals surface area contributed by atoms with Crippen LogP contribution >= 0.6 is 0 Å². The van der Waals surface area contributed by atoms with Crippen molar-refractivity contribution >= 4 is 5.82 Å². The van der Waals surface area contributed by atoms with Crippen molar-refractivity contribution in [1.29, 1.82) is 0 Å². The Morgan fingerprint density at radius 3 is 2.67 bits per heavy atom. The van der Waals surface area contributed by atoms with E-state index in [-0.39, 0.29) is 0 Å². The Morgan fingerprint density at radius 2 is 2.07 bits per heavy atom. The van der Waals surface area contributed by atoms with Gasteiger partial charge in [-0.15, -0.1) is 0 Å². The number of rotatable bonds is 2. The second-order valence-electron chi connectivity index (χ2n) is 3.61. The summed E-state index contributed by atoms with van der Waals surface area (Å²) in [6, 6.07) is 8.09. The van der Waals surface area contributed by atoms with Gasteiger partial charge in [0.05, 0.1) is 11.9 Å². The van der Waals surface area contributed by atoms with Crippen LogP contribution in [0.3, 0.4) is 0 Å². The normalized spacial score (nSPS) is 10.5. The molecule has 78 valence electrons. The van der Waals surface area contributed by atoms with Gasteiger partial charge < -0.3 is 5.73 Å². The molecule has 0 amide bonds. The van der Waals surface area contributed by atoms with E-state index >= 15 is 0 Å². The van der Waals surface area contributed by atoms with Crippen LogP contribution in [0.4, 0.5) is 5.82 Å². The highest BCUT2D eigenvalue weighted by Gasteiger charge is 2.08. The first-order valence-electron chi connectivity index (χ1n) is 5.12. The number of nitrogen functional groups attached to an aromatic ring is 1. The van der Waals surface area contributed by atoms with Gasteiger partial charge in [-0.1, -0.05) is 25.1 Å². The van der Waals surface area contributed by atoms with Gasteiger partial charge in [-0.05, 0) is 25.0 Å². The fourth-order valence-electron chi connectivity index (χ4n) is 1.66. The van der Waals surface area contributed by atoms with E-state index in [1.54, 1.807) is 4.68 Å². The number of anilines is 1. The minimum atomic E-state index is 0.742. The lowest BCUT2D eigenvalue weighted by Crippen LogP contribution is -2.04. The summed E-state index contributed by atoms with van der Waals surface area (Å²) in [6.07, 6.45) is 2.75. The Bertz CT molecular complexity index is 471. The van der Waals surface area contributed by atoms with E-state index < -0.39 is 0 Å². The van der Waals surface area contributed by atoms with E-state index in [9.17, 15) is 0 Å². The first-order valence-corrected chi connectivity index (χ1v) is 5.12. The first kappa shape index (κ1) is 9.77. The quantitative estimate of drug-likeness (QED) is 0.810. The molecule has 0 bridgehead atoms. The van der Waals surface area contributed by atoms with Crippen LogP contribution in [-0.2, 0) is 6.42 Å². The number of nitrogens with two attached hydrogens (primary N) is 1. The number of para-hydroxylation sites is 1. The average Bonchev–Trinajstić information content (AvgIpc) is 2.60. The van der Waals surface area contributed by atoms with Crippen LogP contribution in [-0.4, -0.2) is 9.78 Å². The molecule has 0 saturated carbocycles. The van der Waals surface area contributed by atoms with E-state index in [1.807, 2.05) is 24.4 Å². The van der Waals surface area contributed by atoms with E-state index in [0.717, 1.165) is 23.5 Å². The molecule has 2 aromatic rings. The molecule has 0 aliphatic carbocycles. The standard InChI is InChI=1S/C12H15N3/c1-3-10-8-14-15(12(10)13)11-7-5-4-6-9(11)2/h4-8H,3,13H2,1-2H3. The molecule has 0 saturated heterocycles.